The number of benzene rings is 2. The number of halogens is 2. The molecule has 1 N–H and O–H groups in total. The maximum atomic E-state index is 12.4. The highest BCUT2D eigenvalue weighted by Crippen LogP contribution is 2.37. The van der Waals surface area contributed by atoms with Crippen LogP contribution in [0.5, 0.6) is 11.5 Å². The first-order valence-corrected chi connectivity index (χ1v) is 9.14. The molecule has 2 heterocycles. The van der Waals surface area contributed by atoms with Gasteiger partial charge in [-0.05, 0) is 12.1 Å². The van der Waals surface area contributed by atoms with Gasteiger partial charge in [0.2, 0.25) is 0 Å². The molecule has 0 saturated heterocycles. The zero-order valence-corrected chi connectivity index (χ0v) is 15.2. The summed E-state index contributed by atoms with van der Waals surface area (Å²) in [5.74, 6) is 1.01. The molecule has 1 aliphatic heterocycles. The zero-order chi connectivity index (χ0) is 17.4. The Hall–Kier alpha value is -2.02. The standard InChI is InChI=1S/C17H12Cl2N2O3S/c18-10-4-1-3-9(15(10)19)16(22)21-17-20-11-7-12-13(8-14(11)25-17)24-6-2-5-23-12/h1,3-4,7-8H,2,5-6H2,(H,20,21,22). The van der Waals surface area contributed by atoms with Crippen LogP contribution in [-0.4, -0.2) is 24.1 Å². The maximum absolute atomic E-state index is 12.4. The molecule has 3 aromatic rings. The van der Waals surface area contributed by atoms with Crippen molar-refractivity contribution < 1.29 is 14.3 Å². The van der Waals surface area contributed by atoms with E-state index in [4.69, 9.17) is 32.7 Å². The molecule has 2 aromatic carbocycles. The van der Waals surface area contributed by atoms with Crippen LogP contribution >= 0.6 is 34.5 Å². The van der Waals surface area contributed by atoms with Gasteiger partial charge in [-0.1, -0.05) is 40.6 Å². The van der Waals surface area contributed by atoms with Crippen LogP contribution < -0.4 is 14.8 Å². The van der Waals surface area contributed by atoms with E-state index in [0.29, 0.717) is 40.4 Å². The van der Waals surface area contributed by atoms with Gasteiger partial charge in [0.1, 0.15) is 0 Å². The Morgan fingerprint density at radius 1 is 1.16 bits per heavy atom. The van der Waals surface area contributed by atoms with E-state index in [2.05, 4.69) is 10.3 Å². The fourth-order valence-electron chi connectivity index (χ4n) is 2.48. The summed E-state index contributed by atoms with van der Waals surface area (Å²) in [6.45, 7) is 1.23. The van der Waals surface area contributed by atoms with Crippen LogP contribution in [0.4, 0.5) is 5.13 Å². The number of nitrogens with zero attached hydrogens (tertiary/aromatic N) is 1. The molecule has 5 nitrogen and oxygen atoms in total. The van der Waals surface area contributed by atoms with Crippen molar-refractivity contribution in [2.75, 3.05) is 18.5 Å². The summed E-state index contributed by atoms with van der Waals surface area (Å²) in [6, 6.07) is 8.63. The van der Waals surface area contributed by atoms with Gasteiger partial charge in [0.05, 0.1) is 39.0 Å². The Morgan fingerprint density at radius 2 is 1.92 bits per heavy atom. The number of rotatable bonds is 2. The summed E-state index contributed by atoms with van der Waals surface area (Å²) in [5.41, 5.74) is 1.04. The minimum atomic E-state index is -0.361. The van der Waals surface area contributed by atoms with Crippen LogP contribution in [0.3, 0.4) is 0 Å². The molecule has 1 aliphatic rings. The van der Waals surface area contributed by atoms with Crippen molar-refractivity contribution in [3.8, 4) is 11.5 Å². The molecule has 0 atom stereocenters. The molecule has 128 valence electrons. The Morgan fingerprint density at radius 3 is 2.72 bits per heavy atom. The summed E-state index contributed by atoms with van der Waals surface area (Å²) in [5, 5.41) is 3.78. The van der Waals surface area contributed by atoms with Crippen LogP contribution in [0.15, 0.2) is 30.3 Å². The molecule has 1 amide bonds. The Labute approximate surface area is 157 Å². The van der Waals surface area contributed by atoms with Crippen molar-refractivity contribution >= 4 is 55.8 Å². The molecular weight excluding hydrogens is 383 g/mol. The Balaban J connectivity index is 1.64. The second kappa shape index (κ2) is 6.71. The van der Waals surface area contributed by atoms with Crippen molar-refractivity contribution in [3.05, 3.63) is 45.9 Å². The lowest BCUT2D eigenvalue weighted by molar-refractivity contribution is 0.102. The van der Waals surface area contributed by atoms with Gasteiger partial charge < -0.3 is 9.47 Å². The fourth-order valence-corrected chi connectivity index (χ4v) is 3.74. The molecule has 0 fully saturated rings. The summed E-state index contributed by atoms with van der Waals surface area (Å²) in [6.07, 6.45) is 0.845. The number of thiazole rings is 1. The topological polar surface area (TPSA) is 60.5 Å². The van der Waals surface area contributed by atoms with Crippen LogP contribution in [0, 0.1) is 0 Å². The van der Waals surface area contributed by atoms with Gasteiger partial charge in [0.25, 0.3) is 5.91 Å². The highest BCUT2D eigenvalue weighted by molar-refractivity contribution is 7.22. The van der Waals surface area contributed by atoms with Gasteiger partial charge in [0, 0.05) is 18.6 Å². The minimum Gasteiger partial charge on any atom is -0.490 e. The van der Waals surface area contributed by atoms with Gasteiger partial charge in [-0.2, -0.15) is 0 Å². The third kappa shape index (κ3) is 3.25. The predicted octanol–water partition coefficient (Wildman–Crippen LogP) is 5.02. The maximum Gasteiger partial charge on any atom is 0.259 e. The third-order valence-electron chi connectivity index (χ3n) is 3.67. The lowest BCUT2D eigenvalue weighted by atomic mass is 10.2. The second-order valence-electron chi connectivity index (χ2n) is 5.39. The van der Waals surface area contributed by atoms with Crippen molar-refractivity contribution in [2.45, 2.75) is 6.42 Å². The molecule has 0 bridgehead atoms. The first kappa shape index (κ1) is 16.4. The van der Waals surface area contributed by atoms with E-state index in [1.807, 2.05) is 12.1 Å². The van der Waals surface area contributed by atoms with Crippen LogP contribution in [0.2, 0.25) is 10.0 Å². The van der Waals surface area contributed by atoms with Gasteiger partial charge in [0.15, 0.2) is 16.6 Å². The van der Waals surface area contributed by atoms with Gasteiger partial charge in [-0.25, -0.2) is 4.98 Å². The Kier molecular flexibility index (Phi) is 4.41. The van der Waals surface area contributed by atoms with E-state index >= 15 is 0 Å². The normalized spacial score (nSPS) is 13.5. The van der Waals surface area contributed by atoms with Crippen LogP contribution in [-0.2, 0) is 0 Å². The molecule has 0 spiro atoms. The summed E-state index contributed by atoms with van der Waals surface area (Å²) >= 11 is 13.4. The average molecular weight is 395 g/mol. The number of fused-ring (bicyclic) bond motifs is 2. The number of carbonyl (C=O) groups is 1. The van der Waals surface area contributed by atoms with Crippen LogP contribution in [0.25, 0.3) is 10.2 Å². The highest BCUT2D eigenvalue weighted by atomic mass is 35.5. The molecule has 4 rings (SSSR count). The third-order valence-corrected chi connectivity index (χ3v) is 5.43. The van der Waals surface area contributed by atoms with Gasteiger partial charge in [-0.15, -0.1) is 0 Å². The molecule has 1 aromatic heterocycles. The summed E-state index contributed by atoms with van der Waals surface area (Å²) in [7, 11) is 0. The van der Waals surface area contributed by atoms with Gasteiger partial charge in [-0.3, -0.25) is 10.1 Å². The number of hydrogen-bond acceptors (Lipinski definition) is 5. The molecule has 0 saturated carbocycles. The van der Waals surface area contributed by atoms with E-state index in [1.165, 1.54) is 11.3 Å². The zero-order valence-electron chi connectivity index (χ0n) is 12.8. The van der Waals surface area contributed by atoms with Crippen molar-refractivity contribution in [3.63, 3.8) is 0 Å². The monoisotopic (exact) mass is 394 g/mol. The number of amides is 1. The quantitative estimate of drug-likeness (QED) is 0.662. The van der Waals surface area contributed by atoms with E-state index in [-0.39, 0.29) is 10.9 Å². The van der Waals surface area contributed by atoms with Crippen molar-refractivity contribution in [1.82, 2.24) is 4.98 Å². The van der Waals surface area contributed by atoms with Crippen LogP contribution in [0.1, 0.15) is 16.8 Å². The number of anilines is 1. The molecule has 8 heteroatoms. The second-order valence-corrected chi connectivity index (χ2v) is 7.21. The Bertz CT molecular complexity index is 931. The largest absolute Gasteiger partial charge is 0.490 e. The highest BCUT2D eigenvalue weighted by Gasteiger charge is 2.17. The average Bonchev–Trinajstić information content (AvgIpc) is 2.82. The number of ether oxygens (including phenoxy) is 2. The number of nitrogens with one attached hydrogen (secondary N) is 1. The molecule has 0 aliphatic carbocycles. The van der Waals surface area contributed by atoms with Crippen molar-refractivity contribution in [2.24, 2.45) is 0 Å². The van der Waals surface area contributed by atoms with Crippen molar-refractivity contribution in [1.29, 1.82) is 0 Å². The molecular formula is C17H12Cl2N2O3S. The lowest BCUT2D eigenvalue weighted by Crippen LogP contribution is -2.12. The SMILES string of the molecule is O=C(Nc1nc2cc3c(cc2s1)OCCCO3)c1cccc(Cl)c1Cl. The fraction of sp³-hybridized carbons (Fsp3) is 0.176. The number of hydrogen-bond donors (Lipinski definition) is 1. The number of carbonyl (C=O) groups excluding carboxylic acids is 1. The molecule has 0 unspecified atom stereocenters. The van der Waals surface area contributed by atoms with E-state index in [0.717, 1.165) is 16.6 Å². The summed E-state index contributed by atoms with van der Waals surface area (Å²) in [4.78, 5) is 16.9. The van der Waals surface area contributed by atoms with E-state index in [1.54, 1.807) is 18.2 Å². The van der Waals surface area contributed by atoms with E-state index < -0.39 is 0 Å². The first-order chi connectivity index (χ1) is 12.1. The van der Waals surface area contributed by atoms with Gasteiger partial charge >= 0.3 is 0 Å². The first-order valence-electron chi connectivity index (χ1n) is 7.57. The van der Waals surface area contributed by atoms with E-state index in [9.17, 15) is 4.79 Å². The smallest absolute Gasteiger partial charge is 0.259 e. The molecule has 25 heavy (non-hydrogen) atoms. The predicted molar refractivity (Wildman–Crippen MR) is 99.6 cm³/mol. The molecule has 0 radical (unpaired) electrons. The number of aromatic nitrogens is 1. The lowest BCUT2D eigenvalue weighted by Gasteiger charge is -2.05. The minimum absolute atomic E-state index is 0.219. The summed E-state index contributed by atoms with van der Waals surface area (Å²) < 4.78 is 12.2.